The molecule has 3 heterocycles. The Morgan fingerprint density at radius 3 is 2.57 bits per heavy atom. The zero-order valence-corrected chi connectivity index (χ0v) is 12.7. The van der Waals surface area contributed by atoms with Crippen LogP contribution in [0.1, 0.15) is 16.1 Å². The van der Waals surface area contributed by atoms with Gasteiger partial charge < -0.3 is 19.3 Å². The largest absolute Gasteiger partial charge is 0.503 e. The van der Waals surface area contributed by atoms with Crippen molar-refractivity contribution in [1.29, 1.82) is 0 Å². The Balaban J connectivity index is 1.76. The maximum absolute atomic E-state index is 12.5. The van der Waals surface area contributed by atoms with Crippen molar-refractivity contribution in [1.82, 2.24) is 14.4 Å². The number of hydrogen-bond donors (Lipinski definition) is 1. The lowest BCUT2D eigenvalue weighted by molar-refractivity contribution is 0.0313. The van der Waals surface area contributed by atoms with E-state index >= 15 is 0 Å². The maximum Gasteiger partial charge on any atom is 0.274 e. The minimum atomic E-state index is -0.852. The summed E-state index contributed by atoms with van der Waals surface area (Å²) < 4.78 is 6.73. The highest BCUT2D eigenvalue weighted by Gasteiger charge is 2.29. The van der Waals surface area contributed by atoms with Crippen molar-refractivity contribution in [2.75, 3.05) is 45.9 Å². The lowest BCUT2D eigenvalue weighted by Gasteiger charge is -2.33. The van der Waals surface area contributed by atoms with Gasteiger partial charge in [-0.1, -0.05) is 0 Å². The minimum Gasteiger partial charge on any atom is -0.503 e. The Bertz CT molecular complexity index is 678. The third-order valence-corrected chi connectivity index (χ3v) is 4.26. The van der Waals surface area contributed by atoms with Gasteiger partial charge in [-0.2, -0.15) is 0 Å². The van der Waals surface area contributed by atoms with Crippen LogP contribution in [0.25, 0.3) is 0 Å². The van der Waals surface area contributed by atoms with Crippen LogP contribution in [0.15, 0.2) is 11.0 Å². The summed E-state index contributed by atoms with van der Waals surface area (Å²) in [4.78, 5) is 38.9. The molecule has 1 aromatic rings. The fourth-order valence-corrected chi connectivity index (χ4v) is 2.90. The van der Waals surface area contributed by atoms with Gasteiger partial charge >= 0.3 is 0 Å². The van der Waals surface area contributed by atoms with Crippen LogP contribution in [0.4, 0.5) is 0 Å². The molecule has 8 heteroatoms. The second-order valence-corrected chi connectivity index (χ2v) is 5.61. The van der Waals surface area contributed by atoms with E-state index in [2.05, 4.69) is 4.90 Å². The number of amides is 1. The van der Waals surface area contributed by atoms with Crippen molar-refractivity contribution in [2.45, 2.75) is 6.54 Å². The number of morpholine rings is 1. The van der Waals surface area contributed by atoms with Crippen molar-refractivity contribution in [2.24, 2.45) is 0 Å². The van der Waals surface area contributed by atoms with Gasteiger partial charge in [0.1, 0.15) is 0 Å². The fraction of sp³-hybridized carbons (Fsp3) is 0.533. The van der Waals surface area contributed by atoms with Gasteiger partial charge in [-0.15, -0.1) is 0 Å². The van der Waals surface area contributed by atoms with Gasteiger partial charge in [-0.05, 0) is 0 Å². The van der Waals surface area contributed by atoms with Crippen LogP contribution < -0.4 is 5.43 Å². The van der Waals surface area contributed by atoms with Crippen LogP contribution in [-0.2, 0) is 16.1 Å². The van der Waals surface area contributed by atoms with Gasteiger partial charge in [0.05, 0.1) is 18.8 Å². The van der Waals surface area contributed by atoms with E-state index in [1.165, 1.54) is 17.1 Å². The molecule has 0 atom stereocenters. The Labute approximate surface area is 132 Å². The second kappa shape index (κ2) is 6.51. The number of aromatic hydroxyl groups is 1. The topological polar surface area (TPSA) is 92.1 Å². The van der Waals surface area contributed by atoms with Crippen molar-refractivity contribution in [3.05, 3.63) is 27.7 Å². The van der Waals surface area contributed by atoms with E-state index in [4.69, 9.17) is 4.74 Å². The molecule has 123 valence electrons. The Morgan fingerprint density at radius 2 is 1.87 bits per heavy atom. The third kappa shape index (κ3) is 2.99. The van der Waals surface area contributed by atoms with E-state index in [0.29, 0.717) is 32.8 Å². The summed E-state index contributed by atoms with van der Waals surface area (Å²) in [7, 11) is 0. The first-order valence-corrected chi connectivity index (χ1v) is 7.55. The van der Waals surface area contributed by atoms with Crippen molar-refractivity contribution < 1.29 is 19.4 Å². The molecule has 0 unspecified atom stereocenters. The number of pyridine rings is 1. The van der Waals surface area contributed by atoms with E-state index in [1.807, 2.05) is 0 Å². The van der Waals surface area contributed by atoms with E-state index in [0.717, 1.165) is 19.6 Å². The van der Waals surface area contributed by atoms with Gasteiger partial charge in [-0.3, -0.25) is 19.3 Å². The van der Waals surface area contributed by atoms with Crippen molar-refractivity contribution in [3.63, 3.8) is 0 Å². The highest BCUT2D eigenvalue weighted by Crippen LogP contribution is 2.19. The van der Waals surface area contributed by atoms with E-state index in [-0.39, 0.29) is 11.3 Å². The molecule has 3 rings (SSSR count). The minimum absolute atomic E-state index is 0.0535. The standard InChI is InChI=1S/C15H18N3O5/c19-10-11-9-18-4-3-17(2-1-16-5-7-23-8-6-16)15(22)12(18)14(21)13(11)20/h9,21H,1-8H2. The summed E-state index contributed by atoms with van der Waals surface area (Å²) in [6.07, 6.45) is 2.77. The van der Waals surface area contributed by atoms with Crippen LogP contribution in [-0.4, -0.2) is 77.6 Å². The van der Waals surface area contributed by atoms with E-state index in [9.17, 15) is 19.5 Å². The quantitative estimate of drug-likeness (QED) is 0.749. The molecule has 23 heavy (non-hydrogen) atoms. The molecule has 8 nitrogen and oxygen atoms in total. The lowest BCUT2D eigenvalue weighted by atomic mass is 10.1. The molecule has 1 saturated heterocycles. The number of aromatic nitrogens is 1. The first-order chi connectivity index (χ1) is 11.1. The molecule has 0 aromatic carbocycles. The Morgan fingerprint density at radius 1 is 1.13 bits per heavy atom. The predicted molar refractivity (Wildman–Crippen MR) is 80.3 cm³/mol. The lowest BCUT2D eigenvalue weighted by Crippen LogP contribution is -2.47. The molecule has 1 radical (unpaired) electrons. The normalized spacial score (nSPS) is 18.8. The number of nitrogens with zero attached hydrogens (tertiary/aromatic N) is 3. The molecule has 0 aliphatic carbocycles. The maximum atomic E-state index is 12.5. The molecule has 2 aliphatic rings. The number of rotatable bonds is 4. The van der Waals surface area contributed by atoms with Crippen molar-refractivity contribution >= 4 is 12.2 Å². The summed E-state index contributed by atoms with van der Waals surface area (Å²) in [6, 6.07) is 0. The smallest absolute Gasteiger partial charge is 0.274 e. The highest BCUT2D eigenvalue weighted by molar-refractivity contribution is 5.96. The molecule has 0 saturated carbocycles. The van der Waals surface area contributed by atoms with Gasteiger partial charge in [-0.25, -0.2) is 0 Å². The van der Waals surface area contributed by atoms with Gasteiger partial charge in [0.15, 0.2) is 11.4 Å². The van der Waals surface area contributed by atoms with Crippen LogP contribution in [0, 0.1) is 0 Å². The van der Waals surface area contributed by atoms with Crippen molar-refractivity contribution in [3.8, 4) is 5.75 Å². The first kappa shape index (κ1) is 15.7. The summed E-state index contributed by atoms with van der Waals surface area (Å²) in [6.45, 7) is 5.19. The Hall–Kier alpha value is -2.19. The number of fused-ring (bicyclic) bond motifs is 1. The van der Waals surface area contributed by atoms with E-state index < -0.39 is 17.1 Å². The van der Waals surface area contributed by atoms with Gasteiger partial charge in [0, 0.05) is 45.5 Å². The molecule has 0 bridgehead atoms. The SMILES string of the molecule is O=[C]c1cn2c(c(O)c1=O)C(=O)N(CCN1CCOCC1)CC2. The molecule has 1 amide bonds. The van der Waals surface area contributed by atoms with Crippen LogP contribution in [0.2, 0.25) is 0 Å². The predicted octanol–water partition coefficient (Wildman–Crippen LogP) is -1.20. The van der Waals surface area contributed by atoms with E-state index in [1.54, 1.807) is 4.90 Å². The molecule has 0 spiro atoms. The zero-order valence-electron chi connectivity index (χ0n) is 12.7. The zero-order chi connectivity index (χ0) is 16.4. The average molecular weight is 320 g/mol. The summed E-state index contributed by atoms with van der Waals surface area (Å²) in [5, 5.41) is 9.97. The van der Waals surface area contributed by atoms with Crippen LogP contribution in [0.3, 0.4) is 0 Å². The number of carbonyl (C=O) groups is 1. The number of hydrogen-bond acceptors (Lipinski definition) is 6. The van der Waals surface area contributed by atoms with Gasteiger partial charge in [0.25, 0.3) is 5.91 Å². The van der Waals surface area contributed by atoms with Gasteiger partial charge in [0.2, 0.25) is 11.7 Å². The van der Waals surface area contributed by atoms with Crippen LogP contribution in [0.5, 0.6) is 5.75 Å². The highest BCUT2D eigenvalue weighted by atomic mass is 16.5. The molecular weight excluding hydrogens is 302 g/mol. The Kier molecular flexibility index (Phi) is 4.44. The average Bonchev–Trinajstić information content (AvgIpc) is 2.58. The molecular formula is C15H18N3O5. The number of ether oxygens (including phenoxy) is 1. The molecule has 1 aromatic heterocycles. The van der Waals surface area contributed by atoms with Crippen LogP contribution >= 0.6 is 0 Å². The summed E-state index contributed by atoms with van der Waals surface area (Å²) in [5.74, 6) is -1.07. The third-order valence-electron chi connectivity index (χ3n) is 4.26. The number of carbonyl (C=O) groups excluding carboxylic acids is 2. The summed E-state index contributed by atoms with van der Waals surface area (Å²) in [5.41, 5.74) is -1.17. The molecule has 1 fully saturated rings. The second-order valence-electron chi connectivity index (χ2n) is 5.61. The monoisotopic (exact) mass is 320 g/mol. The first-order valence-electron chi connectivity index (χ1n) is 7.55. The fourth-order valence-electron chi connectivity index (χ4n) is 2.90. The summed E-state index contributed by atoms with van der Waals surface area (Å²) >= 11 is 0. The molecule has 1 N–H and O–H groups in total. The molecule has 2 aliphatic heterocycles.